The van der Waals surface area contributed by atoms with Gasteiger partial charge in [-0.1, -0.05) is 13.8 Å². The van der Waals surface area contributed by atoms with Crippen molar-refractivity contribution in [1.82, 2.24) is 24.5 Å². The molecule has 0 amide bonds. The fourth-order valence-electron chi connectivity index (χ4n) is 3.63. The number of pyridine rings is 1. The number of anilines is 1. The van der Waals surface area contributed by atoms with E-state index < -0.39 is 0 Å². The van der Waals surface area contributed by atoms with Crippen LogP contribution < -0.4 is 10.5 Å². The van der Waals surface area contributed by atoms with E-state index in [2.05, 4.69) is 24.8 Å². The number of hydrogen-bond acceptors (Lipinski definition) is 6. The zero-order valence-electron chi connectivity index (χ0n) is 15.7. The topological polar surface area (TPSA) is 76.8 Å². The highest BCUT2D eigenvalue weighted by Gasteiger charge is 2.22. The standard InChI is InChI=1S/C20H24N6O/c1-14(2)17-10-18(27)26(13-24-17)11-15-5-8-25(9-6-15)20-16-4-3-7-21-19(16)22-12-23-20/h3-4,7,10,12-15H,5-6,8-9,11H2,1-2H3. The summed E-state index contributed by atoms with van der Waals surface area (Å²) >= 11 is 0. The monoisotopic (exact) mass is 364 g/mol. The number of fused-ring (bicyclic) bond motifs is 1. The zero-order chi connectivity index (χ0) is 18.8. The molecule has 3 aromatic rings. The average molecular weight is 364 g/mol. The highest BCUT2D eigenvalue weighted by Crippen LogP contribution is 2.27. The van der Waals surface area contributed by atoms with Gasteiger partial charge in [-0.3, -0.25) is 9.36 Å². The molecule has 1 aliphatic rings. The normalized spacial score (nSPS) is 15.6. The van der Waals surface area contributed by atoms with Gasteiger partial charge in [-0.15, -0.1) is 0 Å². The Morgan fingerprint density at radius 3 is 2.70 bits per heavy atom. The molecule has 0 bridgehead atoms. The van der Waals surface area contributed by atoms with E-state index in [9.17, 15) is 4.79 Å². The summed E-state index contributed by atoms with van der Waals surface area (Å²) in [6, 6.07) is 5.60. The lowest BCUT2D eigenvalue weighted by Gasteiger charge is -2.33. The van der Waals surface area contributed by atoms with Crippen molar-refractivity contribution in [2.24, 2.45) is 5.92 Å². The molecule has 140 valence electrons. The van der Waals surface area contributed by atoms with E-state index in [4.69, 9.17) is 0 Å². The lowest BCUT2D eigenvalue weighted by molar-refractivity contribution is 0.350. The van der Waals surface area contributed by atoms with Crippen LogP contribution in [0.3, 0.4) is 0 Å². The molecule has 0 N–H and O–H groups in total. The Bertz CT molecular complexity index is 986. The highest BCUT2D eigenvalue weighted by atomic mass is 16.1. The minimum atomic E-state index is 0.0454. The summed E-state index contributed by atoms with van der Waals surface area (Å²) in [6.07, 6.45) is 7.07. The Labute approximate surface area is 158 Å². The van der Waals surface area contributed by atoms with Crippen molar-refractivity contribution in [3.8, 4) is 0 Å². The second kappa shape index (κ2) is 7.42. The van der Waals surface area contributed by atoms with Crippen LogP contribution in [-0.2, 0) is 6.54 Å². The fraction of sp³-hybridized carbons (Fsp3) is 0.450. The molecule has 1 saturated heterocycles. The summed E-state index contributed by atoms with van der Waals surface area (Å²) < 4.78 is 1.75. The van der Waals surface area contributed by atoms with Crippen LogP contribution in [0.5, 0.6) is 0 Å². The summed E-state index contributed by atoms with van der Waals surface area (Å²) in [5, 5.41) is 0.989. The summed E-state index contributed by atoms with van der Waals surface area (Å²) in [5.41, 5.74) is 1.63. The molecule has 0 radical (unpaired) electrons. The molecule has 27 heavy (non-hydrogen) atoms. The van der Waals surface area contributed by atoms with E-state index in [-0.39, 0.29) is 11.5 Å². The predicted molar refractivity (Wildman–Crippen MR) is 105 cm³/mol. The molecule has 4 rings (SSSR count). The van der Waals surface area contributed by atoms with E-state index in [0.29, 0.717) is 5.92 Å². The zero-order valence-corrected chi connectivity index (χ0v) is 15.7. The van der Waals surface area contributed by atoms with Gasteiger partial charge in [-0.05, 0) is 36.8 Å². The first-order valence-corrected chi connectivity index (χ1v) is 9.49. The van der Waals surface area contributed by atoms with Crippen LogP contribution in [0.15, 0.2) is 41.8 Å². The predicted octanol–water partition coefficient (Wildman–Crippen LogP) is 2.62. The average Bonchev–Trinajstić information content (AvgIpc) is 2.69. The molecule has 4 heterocycles. The number of aromatic nitrogens is 5. The molecule has 0 saturated carbocycles. The summed E-state index contributed by atoms with van der Waals surface area (Å²) in [4.78, 5) is 32.1. The van der Waals surface area contributed by atoms with Gasteiger partial charge < -0.3 is 4.90 Å². The van der Waals surface area contributed by atoms with Gasteiger partial charge in [0.15, 0.2) is 5.65 Å². The molecule has 1 fully saturated rings. The summed E-state index contributed by atoms with van der Waals surface area (Å²) in [5.74, 6) is 1.69. The molecule has 1 aliphatic heterocycles. The number of rotatable bonds is 4. The van der Waals surface area contributed by atoms with E-state index in [0.717, 1.165) is 55.0 Å². The molecule has 7 nitrogen and oxygen atoms in total. The number of nitrogens with zero attached hydrogens (tertiary/aromatic N) is 6. The maximum Gasteiger partial charge on any atom is 0.253 e. The van der Waals surface area contributed by atoms with Crippen LogP contribution in [0, 0.1) is 5.92 Å². The van der Waals surface area contributed by atoms with E-state index in [1.54, 1.807) is 29.5 Å². The van der Waals surface area contributed by atoms with Crippen LogP contribution in [-0.4, -0.2) is 37.6 Å². The van der Waals surface area contributed by atoms with Crippen molar-refractivity contribution in [2.75, 3.05) is 18.0 Å². The third kappa shape index (κ3) is 3.67. The van der Waals surface area contributed by atoms with E-state index in [1.165, 1.54) is 0 Å². The van der Waals surface area contributed by atoms with Crippen molar-refractivity contribution in [3.63, 3.8) is 0 Å². The quantitative estimate of drug-likeness (QED) is 0.708. The molecule has 0 spiro atoms. The first-order chi connectivity index (χ1) is 13.1. The van der Waals surface area contributed by atoms with Crippen LogP contribution in [0.25, 0.3) is 11.0 Å². The van der Waals surface area contributed by atoms with Crippen LogP contribution >= 0.6 is 0 Å². The van der Waals surface area contributed by atoms with Gasteiger partial charge in [0.1, 0.15) is 12.1 Å². The molecule has 3 aromatic heterocycles. The molecule has 0 atom stereocenters. The molecular weight excluding hydrogens is 340 g/mol. The highest BCUT2D eigenvalue weighted by molar-refractivity contribution is 5.86. The summed E-state index contributed by atoms with van der Waals surface area (Å²) in [7, 11) is 0. The van der Waals surface area contributed by atoms with Gasteiger partial charge in [0.25, 0.3) is 5.56 Å². The molecule has 0 unspecified atom stereocenters. The fourth-order valence-corrected chi connectivity index (χ4v) is 3.63. The SMILES string of the molecule is CC(C)c1cc(=O)n(CC2CCN(c3ncnc4ncccc34)CC2)cn1. The lowest BCUT2D eigenvalue weighted by atomic mass is 9.96. The first kappa shape index (κ1) is 17.6. The Hall–Kier alpha value is -2.83. The summed E-state index contributed by atoms with van der Waals surface area (Å²) in [6.45, 7) is 6.66. The van der Waals surface area contributed by atoms with Gasteiger partial charge in [0.2, 0.25) is 0 Å². The Balaban J connectivity index is 1.44. The van der Waals surface area contributed by atoms with Gasteiger partial charge in [-0.2, -0.15) is 0 Å². The number of hydrogen-bond donors (Lipinski definition) is 0. The van der Waals surface area contributed by atoms with Crippen molar-refractivity contribution in [1.29, 1.82) is 0 Å². The lowest BCUT2D eigenvalue weighted by Crippen LogP contribution is -2.37. The van der Waals surface area contributed by atoms with Gasteiger partial charge in [0, 0.05) is 31.9 Å². The molecule has 7 heteroatoms. The Morgan fingerprint density at radius 2 is 1.96 bits per heavy atom. The maximum atomic E-state index is 12.3. The maximum absolute atomic E-state index is 12.3. The smallest absolute Gasteiger partial charge is 0.253 e. The Kier molecular flexibility index (Phi) is 4.83. The van der Waals surface area contributed by atoms with Crippen molar-refractivity contribution in [3.05, 3.63) is 53.1 Å². The second-order valence-electron chi connectivity index (χ2n) is 7.46. The van der Waals surface area contributed by atoms with Gasteiger partial charge in [0.05, 0.1) is 17.4 Å². The van der Waals surface area contributed by atoms with E-state index in [1.807, 2.05) is 26.0 Å². The third-order valence-corrected chi connectivity index (χ3v) is 5.25. The van der Waals surface area contributed by atoms with Crippen LogP contribution in [0.1, 0.15) is 38.3 Å². The van der Waals surface area contributed by atoms with Crippen molar-refractivity contribution >= 4 is 16.9 Å². The molecule has 0 aromatic carbocycles. The molecule has 0 aliphatic carbocycles. The molecular formula is C20H24N6O. The van der Waals surface area contributed by atoms with Gasteiger partial charge in [-0.25, -0.2) is 19.9 Å². The van der Waals surface area contributed by atoms with Crippen molar-refractivity contribution in [2.45, 2.75) is 39.2 Å². The largest absolute Gasteiger partial charge is 0.356 e. The van der Waals surface area contributed by atoms with Crippen molar-refractivity contribution < 1.29 is 0 Å². The van der Waals surface area contributed by atoms with E-state index >= 15 is 0 Å². The minimum Gasteiger partial charge on any atom is -0.356 e. The van der Waals surface area contributed by atoms with Crippen LogP contribution in [0.4, 0.5) is 5.82 Å². The van der Waals surface area contributed by atoms with Crippen LogP contribution in [0.2, 0.25) is 0 Å². The first-order valence-electron chi connectivity index (χ1n) is 9.49. The minimum absolute atomic E-state index is 0.0454. The Morgan fingerprint density at radius 1 is 1.15 bits per heavy atom. The third-order valence-electron chi connectivity index (χ3n) is 5.25. The second-order valence-corrected chi connectivity index (χ2v) is 7.46. The van der Waals surface area contributed by atoms with Gasteiger partial charge >= 0.3 is 0 Å². The number of piperidine rings is 1.